The molecule has 0 saturated carbocycles. The molecule has 0 amide bonds. The number of hydrogen-bond donors (Lipinski definition) is 0. The molecule has 5 nitrogen and oxygen atoms in total. The highest BCUT2D eigenvalue weighted by Gasteiger charge is 2.31. The lowest BCUT2D eigenvalue weighted by Gasteiger charge is -2.27. The first-order valence-electron chi connectivity index (χ1n) is 7.52. The maximum absolute atomic E-state index is 12.0. The monoisotopic (exact) mass is 279 g/mol. The van der Waals surface area contributed by atoms with E-state index < -0.39 is 0 Å². The van der Waals surface area contributed by atoms with Gasteiger partial charge < -0.3 is 4.74 Å². The van der Waals surface area contributed by atoms with Crippen LogP contribution in [0.3, 0.4) is 0 Å². The first-order valence-corrected chi connectivity index (χ1v) is 7.52. The van der Waals surface area contributed by atoms with E-state index in [1.165, 1.54) is 12.8 Å². The third-order valence-electron chi connectivity index (χ3n) is 4.31. The Morgan fingerprint density at radius 2 is 2.20 bits per heavy atom. The maximum atomic E-state index is 12.0. The van der Waals surface area contributed by atoms with Gasteiger partial charge in [-0.3, -0.25) is 9.58 Å². The highest BCUT2D eigenvalue weighted by atomic mass is 16.5. The van der Waals surface area contributed by atoms with E-state index in [4.69, 9.17) is 4.74 Å². The van der Waals surface area contributed by atoms with Crippen LogP contribution in [0.15, 0.2) is 6.20 Å². The number of hydrogen-bond acceptors (Lipinski definition) is 4. The molecule has 1 saturated heterocycles. The van der Waals surface area contributed by atoms with Crippen molar-refractivity contribution in [2.24, 2.45) is 7.05 Å². The molecule has 2 heterocycles. The largest absolute Gasteiger partial charge is 0.462 e. The van der Waals surface area contributed by atoms with Crippen molar-refractivity contribution in [1.29, 1.82) is 0 Å². The molecule has 2 rings (SSSR count). The van der Waals surface area contributed by atoms with Crippen molar-refractivity contribution in [3.63, 3.8) is 0 Å². The van der Waals surface area contributed by atoms with E-state index in [9.17, 15) is 4.79 Å². The molecule has 0 aromatic carbocycles. The van der Waals surface area contributed by atoms with Gasteiger partial charge in [-0.15, -0.1) is 0 Å². The number of rotatable bonds is 5. The van der Waals surface area contributed by atoms with Gasteiger partial charge in [-0.05, 0) is 33.1 Å². The van der Waals surface area contributed by atoms with Gasteiger partial charge in [-0.25, -0.2) is 4.79 Å². The molecule has 112 valence electrons. The fourth-order valence-electron chi connectivity index (χ4n) is 3.05. The summed E-state index contributed by atoms with van der Waals surface area (Å²) in [4.78, 5) is 14.5. The van der Waals surface area contributed by atoms with Gasteiger partial charge in [0.2, 0.25) is 0 Å². The lowest BCUT2D eigenvalue weighted by Crippen LogP contribution is -2.34. The minimum Gasteiger partial charge on any atom is -0.462 e. The Labute approximate surface area is 120 Å². The standard InChI is InChI=1S/C15H25N3O2/c1-5-12-8-7-11(3)18(12)10-14-13(9-16-17(14)4)15(19)20-6-2/h9,11-12H,5-8,10H2,1-4H3. The summed E-state index contributed by atoms with van der Waals surface area (Å²) in [5.41, 5.74) is 1.55. The smallest absolute Gasteiger partial charge is 0.341 e. The Balaban J connectivity index is 2.20. The number of aromatic nitrogens is 2. The van der Waals surface area contributed by atoms with Gasteiger partial charge in [-0.1, -0.05) is 6.92 Å². The molecule has 5 heteroatoms. The number of nitrogens with zero attached hydrogens (tertiary/aromatic N) is 3. The number of carbonyl (C=O) groups excluding carboxylic acids is 1. The highest BCUT2D eigenvalue weighted by molar-refractivity contribution is 5.90. The lowest BCUT2D eigenvalue weighted by molar-refractivity contribution is 0.0522. The zero-order chi connectivity index (χ0) is 14.7. The van der Waals surface area contributed by atoms with Crippen LogP contribution in [0.5, 0.6) is 0 Å². The molecule has 2 atom stereocenters. The van der Waals surface area contributed by atoms with Gasteiger partial charge in [0.15, 0.2) is 0 Å². The Morgan fingerprint density at radius 3 is 2.85 bits per heavy atom. The first-order chi connectivity index (χ1) is 9.58. The first kappa shape index (κ1) is 15.0. The summed E-state index contributed by atoms with van der Waals surface area (Å²) in [5.74, 6) is -0.268. The molecule has 0 aliphatic carbocycles. The van der Waals surface area contributed by atoms with E-state index in [-0.39, 0.29) is 5.97 Å². The predicted octanol–water partition coefficient (Wildman–Crippen LogP) is 2.36. The van der Waals surface area contributed by atoms with Crippen molar-refractivity contribution < 1.29 is 9.53 Å². The molecule has 0 bridgehead atoms. The van der Waals surface area contributed by atoms with Crippen LogP contribution in [0.1, 0.15) is 56.1 Å². The average molecular weight is 279 g/mol. The second-order valence-corrected chi connectivity index (χ2v) is 5.51. The molecular weight excluding hydrogens is 254 g/mol. The van der Waals surface area contributed by atoms with Crippen molar-refractivity contribution >= 4 is 5.97 Å². The zero-order valence-corrected chi connectivity index (χ0v) is 12.9. The molecule has 1 aromatic rings. The molecule has 1 aliphatic rings. The summed E-state index contributed by atoms with van der Waals surface area (Å²) < 4.78 is 6.91. The summed E-state index contributed by atoms with van der Waals surface area (Å²) in [5, 5.41) is 4.23. The Kier molecular flexibility index (Phi) is 4.81. The summed E-state index contributed by atoms with van der Waals surface area (Å²) >= 11 is 0. The Morgan fingerprint density at radius 1 is 1.45 bits per heavy atom. The van der Waals surface area contributed by atoms with E-state index in [2.05, 4.69) is 23.8 Å². The minimum atomic E-state index is -0.268. The molecule has 0 N–H and O–H groups in total. The van der Waals surface area contributed by atoms with Gasteiger partial charge >= 0.3 is 5.97 Å². The van der Waals surface area contributed by atoms with Crippen LogP contribution in [-0.2, 0) is 18.3 Å². The fraction of sp³-hybridized carbons (Fsp3) is 0.733. The summed E-state index contributed by atoms with van der Waals surface area (Å²) in [6.45, 7) is 7.47. The molecule has 1 aromatic heterocycles. The SMILES string of the molecule is CCOC(=O)c1cnn(C)c1CN1C(C)CCC1CC. The number of esters is 1. The summed E-state index contributed by atoms with van der Waals surface area (Å²) in [6, 6.07) is 1.17. The predicted molar refractivity (Wildman–Crippen MR) is 77.5 cm³/mol. The normalized spacial score (nSPS) is 23.2. The van der Waals surface area contributed by atoms with Gasteiger partial charge in [-0.2, -0.15) is 5.10 Å². The summed E-state index contributed by atoms with van der Waals surface area (Å²) in [6.07, 6.45) is 5.24. The molecule has 20 heavy (non-hydrogen) atoms. The van der Waals surface area contributed by atoms with Crippen molar-refractivity contribution in [3.8, 4) is 0 Å². The Hall–Kier alpha value is -1.36. The number of likely N-dealkylation sites (tertiary alicyclic amines) is 1. The van der Waals surface area contributed by atoms with E-state index in [1.807, 2.05) is 14.0 Å². The fourth-order valence-corrected chi connectivity index (χ4v) is 3.05. The van der Waals surface area contributed by atoms with Gasteiger partial charge in [0.1, 0.15) is 5.56 Å². The molecular formula is C15H25N3O2. The van der Waals surface area contributed by atoms with Gasteiger partial charge in [0.25, 0.3) is 0 Å². The molecule has 2 unspecified atom stereocenters. The lowest BCUT2D eigenvalue weighted by atomic mass is 10.1. The van der Waals surface area contributed by atoms with Gasteiger partial charge in [0.05, 0.1) is 18.5 Å². The van der Waals surface area contributed by atoms with E-state index in [1.54, 1.807) is 10.9 Å². The van der Waals surface area contributed by atoms with Crippen LogP contribution in [0, 0.1) is 0 Å². The number of ether oxygens (including phenoxy) is 1. The van der Waals surface area contributed by atoms with Crippen LogP contribution in [0.4, 0.5) is 0 Å². The highest BCUT2D eigenvalue weighted by Crippen LogP contribution is 2.28. The molecule has 1 aliphatic heterocycles. The van der Waals surface area contributed by atoms with E-state index in [0.29, 0.717) is 24.3 Å². The molecule has 0 spiro atoms. The number of aryl methyl sites for hydroxylation is 1. The quantitative estimate of drug-likeness (QED) is 0.776. The van der Waals surface area contributed by atoms with Crippen LogP contribution < -0.4 is 0 Å². The molecule has 0 radical (unpaired) electrons. The third kappa shape index (κ3) is 2.87. The van der Waals surface area contributed by atoms with Crippen molar-refractivity contribution in [1.82, 2.24) is 14.7 Å². The van der Waals surface area contributed by atoms with Crippen LogP contribution >= 0.6 is 0 Å². The van der Waals surface area contributed by atoms with Crippen molar-refractivity contribution in [2.45, 2.75) is 58.7 Å². The Bertz CT molecular complexity index is 470. The van der Waals surface area contributed by atoms with Crippen molar-refractivity contribution in [2.75, 3.05) is 6.61 Å². The van der Waals surface area contributed by atoms with Gasteiger partial charge in [0, 0.05) is 25.7 Å². The topological polar surface area (TPSA) is 47.4 Å². The third-order valence-corrected chi connectivity index (χ3v) is 4.31. The van der Waals surface area contributed by atoms with Crippen molar-refractivity contribution in [3.05, 3.63) is 17.5 Å². The second-order valence-electron chi connectivity index (χ2n) is 5.51. The zero-order valence-electron chi connectivity index (χ0n) is 12.9. The maximum Gasteiger partial charge on any atom is 0.341 e. The van der Waals surface area contributed by atoms with Crippen LogP contribution in [-0.4, -0.2) is 39.3 Å². The molecule has 1 fully saturated rings. The van der Waals surface area contributed by atoms with E-state index >= 15 is 0 Å². The van der Waals surface area contributed by atoms with Crippen LogP contribution in [0.25, 0.3) is 0 Å². The minimum absolute atomic E-state index is 0.268. The van der Waals surface area contributed by atoms with Crippen LogP contribution in [0.2, 0.25) is 0 Å². The average Bonchev–Trinajstić information content (AvgIpc) is 2.96. The summed E-state index contributed by atoms with van der Waals surface area (Å²) in [7, 11) is 1.89. The number of carbonyl (C=O) groups is 1. The second kappa shape index (κ2) is 6.39. The van der Waals surface area contributed by atoms with E-state index in [0.717, 1.165) is 18.7 Å².